The number of ether oxygens (including phenoxy) is 1. The van der Waals surface area contributed by atoms with Crippen LogP contribution in [0.3, 0.4) is 0 Å². The maximum atomic E-state index is 10.0. The number of aliphatic hydroxyl groups excluding tert-OH is 1. The van der Waals surface area contributed by atoms with Crippen molar-refractivity contribution in [3.63, 3.8) is 0 Å². The van der Waals surface area contributed by atoms with Gasteiger partial charge in [0.2, 0.25) is 0 Å². The molecule has 5 heteroatoms. The summed E-state index contributed by atoms with van der Waals surface area (Å²) in [6, 6.07) is 11.5. The lowest BCUT2D eigenvalue weighted by atomic mass is 10.1. The van der Waals surface area contributed by atoms with Crippen molar-refractivity contribution in [1.29, 1.82) is 0 Å². The molecule has 110 valence electrons. The molecule has 2 N–H and O–H groups in total. The SMILES string of the molecule is COc1ccccc1CC(O)CNCc1ccco1.Cl. The number of nitrogens with one attached hydrogen (secondary N) is 1. The van der Waals surface area contributed by atoms with Gasteiger partial charge in [-0.1, -0.05) is 18.2 Å². The molecule has 1 atom stereocenters. The highest BCUT2D eigenvalue weighted by atomic mass is 35.5. The summed E-state index contributed by atoms with van der Waals surface area (Å²) in [5.41, 5.74) is 1.01. The van der Waals surface area contributed by atoms with E-state index >= 15 is 0 Å². The predicted octanol–water partition coefficient (Wildman–Crippen LogP) is 2.40. The lowest BCUT2D eigenvalue weighted by Crippen LogP contribution is -2.28. The van der Waals surface area contributed by atoms with Crippen molar-refractivity contribution in [2.45, 2.75) is 19.1 Å². The fourth-order valence-electron chi connectivity index (χ4n) is 1.97. The second-order valence-electron chi connectivity index (χ2n) is 4.38. The van der Waals surface area contributed by atoms with Crippen molar-refractivity contribution in [2.75, 3.05) is 13.7 Å². The summed E-state index contributed by atoms with van der Waals surface area (Å²) in [6.07, 6.45) is 1.75. The van der Waals surface area contributed by atoms with Crippen LogP contribution in [0.15, 0.2) is 47.1 Å². The predicted molar refractivity (Wildman–Crippen MR) is 80.4 cm³/mol. The largest absolute Gasteiger partial charge is 0.496 e. The monoisotopic (exact) mass is 297 g/mol. The number of methoxy groups -OCH3 is 1. The normalized spacial score (nSPS) is 11.7. The Morgan fingerprint density at radius 2 is 2.05 bits per heavy atom. The van der Waals surface area contributed by atoms with E-state index in [2.05, 4.69) is 5.32 Å². The summed E-state index contributed by atoms with van der Waals surface area (Å²) in [7, 11) is 1.64. The Morgan fingerprint density at radius 3 is 2.75 bits per heavy atom. The van der Waals surface area contributed by atoms with Crippen LogP contribution in [0.25, 0.3) is 0 Å². The number of rotatable bonds is 7. The molecule has 0 saturated carbocycles. The highest BCUT2D eigenvalue weighted by Crippen LogP contribution is 2.18. The minimum absolute atomic E-state index is 0. The average molecular weight is 298 g/mol. The molecule has 4 nitrogen and oxygen atoms in total. The van der Waals surface area contributed by atoms with Gasteiger partial charge in [0.05, 0.1) is 26.0 Å². The van der Waals surface area contributed by atoms with Crippen LogP contribution in [0.5, 0.6) is 5.75 Å². The molecule has 2 rings (SSSR count). The minimum atomic E-state index is -0.453. The highest BCUT2D eigenvalue weighted by molar-refractivity contribution is 5.85. The summed E-state index contributed by atoms with van der Waals surface area (Å²) >= 11 is 0. The van der Waals surface area contributed by atoms with Crippen molar-refractivity contribution in [3.8, 4) is 5.75 Å². The molecule has 0 radical (unpaired) electrons. The van der Waals surface area contributed by atoms with E-state index < -0.39 is 6.10 Å². The third-order valence-corrected chi connectivity index (χ3v) is 2.91. The van der Waals surface area contributed by atoms with Crippen LogP contribution in [-0.4, -0.2) is 24.9 Å². The zero-order valence-electron chi connectivity index (χ0n) is 11.4. The van der Waals surface area contributed by atoms with Gasteiger partial charge in [-0.25, -0.2) is 0 Å². The molecule has 0 aliphatic carbocycles. The van der Waals surface area contributed by atoms with E-state index in [1.165, 1.54) is 0 Å². The fourth-order valence-corrected chi connectivity index (χ4v) is 1.97. The molecule has 1 aromatic carbocycles. The van der Waals surface area contributed by atoms with E-state index in [0.717, 1.165) is 17.1 Å². The van der Waals surface area contributed by atoms with Crippen molar-refractivity contribution in [3.05, 3.63) is 54.0 Å². The molecule has 1 unspecified atom stereocenters. The molecule has 2 aromatic rings. The Kier molecular flexibility index (Phi) is 7.15. The van der Waals surface area contributed by atoms with Gasteiger partial charge in [0, 0.05) is 13.0 Å². The summed E-state index contributed by atoms with van der Waals surface area (Å²) in [6.45, 7) is 1.13. The third-order valence-electron chi connectivity index (χ3n) is 2.91. The summed E-state index contributed by atoms with van der Waals surface area (Å²) < 4.78 is 10.5. The van der Waals surface area contributed by atoms with Crippen LogP contribution >= 0.6 is 12.4 Å². The zero-order chi connectivity index (χ0) is 13.5. The second kappa shape index (κ2) is 8.64. The lowest BCUT2D eigenvalue weighted by Gasteiger charge is -2.13. The van der Waals surface area contributed by atoms with Gasteiger partial charge in [-0.15, -0.1) is 12.4 Å². The van der Waals surface area contributed by atoms with E-state index in [4.69, 9.17) is 9.15 Å². The van der Waals surface area contributed by atoms with E-state index in [1.54, 1.807) is 13.4 Å². The van der Waals surface area contributed by atoms with E-state index in [9.17, 15) is 5.11 Å². The maximum Gasteiger partial charge on any atom is 0.122 e. The Labute approximate surface area is 125 Å². The number of hydrogen-bond acceptors (Lipinski definition) is 4. The summed E-state index contributed by atoms with van der Waals surface area (Å²) in [4.78, 5) is 0. The molecule has 0 aliphatic heterocycles. The van der Waals surface area contributed by atoms with Crippen molar-refractivity contribution in [1.82, 2.24) is 5.32 Å². The molecule has 0 spiro atoms. The van der Waals surface area contributed by atoms with Crippen LogP contribution in [0.1, 0.15) is 11.3 Å². The number of halogens is 1. The second-order valence-corrected chi connectivity index (χ2v) is 4.38. The summed E-state index contributed by atoms with van der Waals surface area (Å²) in [5.74, 6) is 1.68. The minimum Gasteiger partial charge on any atom is -0.496 e. The van der Waals surface area contributed by atoms with Gasteiger partial charge in [0.1, 0.15) is 11.5 Å². The molecule has 0 saturated heterocycles. The molecule has 0 amide bonds. The van der Waals surface area contributed by atoms with Crippen molar-refractivity contribution in [2.24, 2.45) is 0 Å². The number of furan rings is 1. The Morgan fingerprint density at radius 1 is 1.25 bits per heavy atom. The van der Waals surface area contributed by atoms with Gasteiger partial charge >= 0.3 is 0 Å². The maximum absolute atomic E-state index is 10.0. The Balaban J connectivity index is 0.00000200. The van der Waals surface area contributed by atoms with Gasteiger partial charge in [0.25, 0.3) is 0 Å². The smallest absolute Gasteiger partial charge is 0.122 e. The highest BCUT2D eigenvalue weighted by Gasteiger charge is 2.09. The summed E-state index contributed by atoms with van der Waals surface area (Å²) in [5, 5.41) is 13.2. The first-order valence-corrected chi connectivity index (χ1v) is 6.32. The first kappa shape index (κ1) is 16.6. The molecule has 1 heterocycles. The van der Waals surface area contributed by atoms with Crippen molar-refractivity contribution >= 4 is 12.4 Å². The molecule has 20 heavy (non-hydrogen) atoms. The van der Waals surface area contributed by atoms with E-state index in [-0.39, 0.29) is 12.4 Å². The molecule has 0 bridgehead atoms. The van der Waals surface area contributed by atoms with Gasteiger partial charge in [-0.3, -0.25) is 0 Å². The van der Waals surface area contributed by atoms with Crippen molar-refractivity contribution < 1.29 is 14.3 Å². The van der Waals surface area contributed by atoms with Crippen LogP contribution in [0.2, 0.25) is 0 Å². The lowest BCUT2D eigenvalue weighted by molar-refractivity contribution is 0.169. The van der Waals surface area contributed by atoms with Crippen LogP contribution in [0.4, 0.5) is 0 Å². The number of aliphatic hydroxyl groups is 1. The van der Waals surface area contributed by atoms with Crippen LogP contribution < -0.4 is 10.1 Å². The number of benzene rings is 1. The topological polar surface area (TPSA) is 54.6 Å². The van der Waals surface area contributed by atoms with Crippen LogP contribution in [-0.2, 0) is 13.0 Å². The van der Waals surface area contributed by atoms with Gasteiger partial charge < -0.3 is 19.6 Å². The van der Waals surface area contributed by atoms with Crippen LogP contribution in [0, 0.1) is 0 Å². The standard InChI is InChI=1S/C15H19NO3.ClH/c1-18-15-7-3-2-5-12(15)9-13(17)10-16-11-14-6-4-8-19-14;/h2-8,13,16-17H,9-11H2,1H3;1H. The van der Waals surface area contributed by atoms with Gasteiger partial charge in [-0.2, -0.15) is 0 Å². The third kappa shape index (κ3) is 4.89. The Hall–Kier alpha value is -1.49. The molecule has 0 aliphatic rings. The molecular formula is C15H20ClNO3. The van der Waals surface area contributed by atoms with Gasteiger partial charge in [0.15, 0.2) is 0 Å². The molecule has 1 aromatic heterocycles. The Bertz CT molecular complexity index is 488. The first-order valence-electron chi connectivity index (χ1n) is 6.32. The zero-order valence-corrected chi connectivity index (χ0v) is 12.2. The molecular weight excluding hydrogens is 278 g/mol. The quantitative estimate of drug-likeness (QED) is 0.824. The van der Waals surface area contributed by atoms with Gasteiger partial charge in [-0.05, 0) is 23.8 Å². The number of hydrogen-bond donors (Lipinski definition) is 2. The first-order chi connectivity index (χ1) is 9.29. The fraction of sp³-hybridized carbons (Fsp3) is 0.333. The van der Waals surface area contributed by atoms with E-state index in [0.29, 0.717) is 19.5 Å². The average Bonchev–Trinajstić information content (AvgIpc) is 2.92. The van der Waals surface area contributed by atoms with E-state index in [1.807, 2.05) is 36.4 Å². The molecule has 0 fully saturated rings. The number of para-hydroxylation sites is 1.